The molecule has 0 saturated carbocycles. The SMILES string of the molecule is CCOC1CCN(C(=NC)NCCC(=O)N2CCN(c3ccc(F)cc3)CC2)CC1.I. The quantitative estimate of drug-likeness (QED) is 0.337. The molecule has 2 aliphatic heterocycles. The highest BCUT2D eigenvalue weighted by Crippen LogP contribution is 2.17. The van der Waals surface area contributed by atoms with Gasteiger partial charge in [0.05, 0.1) is 6.10 Å². The Morgan fingerprint density at radius 3 is 2.32 bits per heavy atom. The van der Waals surface area contributed by atoms with Gasteiger partial charge in [0.1, 0.15) is 5.82 Å². The number of carbonyl (C=O) groups is 1. The number of piperazine rings is 1. The molecule has 1 aromatic rings. The molecule has 0 bridgehead atoms. The predicted molar refractivity (Wildman–Crippen MR) is 133 cm³/mol. The number of halogens is 2. The van der Waals surface area contributed by atoms with Crippen molar-refractivity contribution in [2.75, 3.05) is 64.4 Å². The number of guanidine groups is 1. The van der Waals surface area contributed by atoms with Crippen molar-refractivity contribution in [1.29, 1.82) is 0 Å². The van der Waals surface area contributed by atoms with E-state index in [1.807, 2.05) is 11.8 Å². The molecule has 2 fully saturated rings. The second kappa shape index (κ2) is 13.0. The van der Waals surface area contributed by atoms with Gasteiger partial charge in [-0.2, -0.15) is 0 Å². The minimum absolute atomic E-state index is 0. The predicted octanol–water partition coefficient (Wildman–Crippen LogP) is 2.56. The van der Waals surface area contributed by atoms with E-state index in [1.165, 1.54) is 12.1 Å². The van der Waals surface area contributed by atoms with Gasteiger partial charge < -0.3 is 24.8 Å². The summed E-state index contributed by atoms with van der Waals surface area (Å²) in [6.07, 6.45) is 2.81. The number of nitrogens with zero attached hydrogens (tertiary/aromatic N) is 4. The lowest BCUT2D eigenvalue weighted by Crippen LogP contribution is -2.50. The molecule has 3 rings (SSSR count). The summed E-state index contributed by atoms with van der Waals surface area (Å²) in [5, 5.41) is 3.34. The van der Waals surface area contributed by atoms with Crippen molar-refractivity contribution in [3.8, 4) is 0 Å². The number of piperidine rings is 1. The van der Waals surface area contributed by atoms with Gasteiger partial charge in [0.15, 0.2) is 5.96 Å². The van der Waals surface area contributed by atoms with Crippen LogP contribution in [0, 0.1) is 5.82 Å². The number of likely N-dealkylation sites (tertiary alicyclic amines) is 1. The summed E-state index contributed by atoms with van der Waals surface area (Å²) < 4.78 is 18.8. The molecule has 1 aromatic carbocycles. The third-order valence-electron chi connectivity index (χ3n) is 5.80. The summed E-state index contributed by atoms with van der Waals surface area (Å²) in [5.74, 6) is 0.791. The molecular weight excluding hydrogens is 512 g/mol. The van der Waals surface area contributed by atoms with Crippen LogP contribution in [0.25, 0.3) is 0 Å². The Hall–Kier alpha value is -1.62. The maximum absolute atomic E-state index is 13.1. The van der Waals surface area contributed by atoms with Crippen LogP contribution < -0.4 is 10.2 Å². The zero-order chi connectivity index (χ0) is 21.3. The van der Waals surface area contributed by atoms with E-state index in [0.29, 0.717) is 32.2 Å². The molecule has 174 valence electrons. The van der Waals surface area contributed by atoms with E-state index in [9.17, 15) is 9.18 Å². The Labute approximate surface area is 202 Å². The highest BCUT2D eigenvalue weighted by molar-refractivity contribution is 14.0. The molecule has 0 atom stereocenters. The van der Waals surface area contributed by atoms with Crippen LogP contribution in [-0.4, -0.2) is 87.2 Å². The van der Waals surface area contributed by atoms with Crippen LogP contribution in [0.4, 0.5) is 10.1 Å². The Bertz CT molecular complexity index is 702. The Morgan fingerprint density at radius 2 is 1.74 bits per heavy atom. The summed E-state index contributed by atoms with van der Waals surface area (Å²) in [6, 6.07) is 6.54. The van der Waals surface area contributed by atoms with E-state index in [2.05, 4.69) is 20.1 Å². The molecule has 7 nitrogen and oxygen atoms in total. The van der Waals surface area contributed by atoms with Crippen molar-refractivity contribution in [3.63, 3.8) is 0 Å². The molecule has 0 unspecified atom stereocenters. The zero-order valence-electron chi connectivity index (χ0n) is 18.6. The first-order chi connectivity index (χ1) is 14.6. The van der Waals surface area contributed by atoms with Crippen LogP contribution in [0.5, 0.6) is 0 Å². The van der Waals surface area contributed by atoms with Gasteiger partial charge in [-0.1, -0.05) is 0 Å². The van der Waals surface area contributed by atoms with Crippen LogP contribution in [0.1, 0.15) is 26.2 Å². The Kier molecular flexibility index (Phi) is 10.8. The van der Waals surface area contributed by atoms with Crippen LogP contribution in [0.2, 0.25) is 0 Å². The first-order valence-electron chi connectivity index (χ1n) is 11.0. The third-order valence-corrected chi connectivity index (χ3v) is 5.80. The van der Waals surface area contributed by atoms with Crippen molar-refractivity contribution in [2.45, 2.75) is 32.3 Å². The van der Waals surface area contributed by atoms with E-state index in [4.69, 9.17) is 4.74 Å². The monoisotopic (exact) mass is 547 g/mol. The van der Waals surface area contributed by atoms with E-state index in [-0.39, 0.29) is 35.7 Å². The topological polar surface area (TPSA) is 60.4 Å². The lowest BCUT2D eigenvalue weighted by molar-refractivity contribution is -0.131. The minimum atomic E-state index is -0.228. The third kappa shape index (κ3) is 7.48. The molecule has 0 spiro atoms. The standard InChI is InChI=1S/C22H34FN5O2.HI/c1-3-30-20-9-12-28(13-10-20)22(24-2)25-11-8-21(29)27-16-14-26(15-17-27)19-6-4-18(23)5-7-19;/h4-7,20H,3,8-17H2,1-2H3,(H,24,25);1H. The number of rotatable bonds is 6. The number of hydrogen-bond donors (Lipinski definition) is 1. The first-order valence-corrected chi connectivity index (χ1v) is 11.0. The smallest absolute Gasteiger partial charge is 0.224 e. The number of anilines is 1. The van der Waals surface area contributed by atoms with Crippen molar-refractivity contribution in [2.24, 2.45) is 4.99 Å². The summed E-state index contributed by atoms with van der Waals surface area (Å²) in [5.41, 5.74) is 1.00. The molecule has 1 amide bonds. The van der Waals surface area contributed by atoms with E-state index < -0.39 is 0 Å². The fourth-order valence-corrected chi connectivity index (χ4v) is 4.11. The van der Waals surface area contributed by atoms with Gasteiger partial charge in [0.2, 0.25) is 5.91 Å². The van der Waals surface area contributed by atoms with Crippen molar-refractivity contribution < 1.29 is 13.9 Å². The number of amides is 1. The molecule has 9 heteroatoms. The van der Waals surface area contributed by atoms with E-state index >= 15 is 0 Å². The molecule has 0 radical (unpaired) electrons. The summed E-state index contributed by atoms with van der Waals surface area (Å²) in [7, 11) is 1.79. The number of ether oxygens (including phenoxy) is 1. The average molecular weight is 547 g/mol. The van der Waals surface area contributed by atoms with E-state index in [0.717, 1.165) is 57.3 Å². The largest absolute Gasteiger partial charge is 0.378 e. The van der Waals surface area contributed by atoms with Gasteiger partial charge >= 0.3 is 0 Å². The summed E-state index contributed by atoms with van der Waals surface area (Å²) in [4.78, 5) is 23.3. The second-order valence-electron chi connectivity index (χ2n) is 7.71. The van der Waals surface area contributed by atoms with E-state index in [1.54, 1.807) is 19.2 Å². The molecular formula is C22H35FIN5O2. The van der Waals surface area contributed by atoms with Gasteiger partial charge in [0.25, 0.3) is 0 Å². The molecule has 2 aliphatic rings. The van der Waals surface area contributed by atoms with Crippen LogP contribution in [-0.2, 0) is 9.53 Å². The second-order valence-corrected chi connectivity index (χ2v) is 7.71. The van der Waals surface area contributed by atoms with Crippen molar-refractivity contribution in [3.05, 3.63) is 30.1 Å². The molecule has 1 N–H and O–H groups in total. The average Bonchev–Trinajstić information content (AvgIpc) is 2.78. The van der Waals surface area contributed by atoms with Gasteiger partial charge in [-0.05, 0) is 44.0 Å². The highest BCUT2D eigenvalue weighted by Gasteiger charge is 2.23. The van der Waals surface area contributed by atoms with Crippen LogP contribution in [0.3, 0.4) is 0 Å². The first kappa shape index (κ1) is 25.6. The molecule has 0 aromatic heterocycles. The van der Waals surface area contributed by atoms with Crippen molar-refractivity contribution >= 4 is 41.5 Å². The van der Waals surface area contributed by atoms with Crippen molar-refractivity contribution in [1.82, 2.24) is 15.1 Å². The summed E-state index contributed by atoms with van der Waals surface area (Å²) >= 11 is 0. The maximum Gasteiger partial charge on any atom is 0.224 e. The highest BCUT2D eigenvalue weighted by atomic mass is 127. The maximum atomic E-state index is 13.1. The number of carbonyl (C=O) groups excluding carboxylic acids is 1. The number of aliphatic imine (C=N–C) groups is 1. The van der Waals surface area contributed by atoms with Gasteiger partial charge in [-0.15, -0.1) is 24.0 Å². The van der Waals surface area contributed by atoms with Crippen LogP contribution >= 0.6 is 24.0 Å². The molecule has 2 saturated heterocycles. The number of nitrogens with one attached hydrogen (secondary N) is 1. The zero-order valence-corrected chi connectivity index (χ0v) is 20.9. The molecule has 0 aliphatic carbocycles. The minimum Gasteiger partial charge on any atom is -0.378 e. The van der Waals surface area contributed by atoms with Crippen LogP contribution in [0.15, 0.2) is 29.3 Å². The number of benzene rings is 1. The normalized spacial score (nSPS) is 18.0. The molecule has 31 heavy (non-hydrogen) atoms. The Morgan fingerprint density at radius 1 is 1.10 bits per heavy atom. The molecule has 2 heterocycles. The summed E-state index contributed by atoms with van der Waals surface area (Å²) in [6.45, 7) is 8.13. The lowest BCUT2D eigenvalue weighted by Gasteiger charge is -2.36. The number of hydrogen-bond acceptors (Lipinski definition) is 4. The van der Waals surface area contributed by atoms with Gasteiger partial charge in [-0.3, -0.25) is 9.79 Å². The van der Waals surface area contributed by atoms with Gasteiger partial charge in [-0.25, -0.2) is 4.39 Å². The Balaban J connectivity index is 0.00000341. The fraction of sp³-hybridized carbons (Fsp3) is 0.636. The van der Waals surface area contributed by atoms with Gasteiger partial charge in [0, 0.05) is 71.6 Å². The fourth-order valence-electron chi connectivity index (χ4n) is 4.11. The lowest BCUT2D eigenvalue weighted by atomic mass is 10.1.